The summed E-state index contributed by atoms with van der Waals surface area (Å²) in [6.45, 7) is 6.55. The second-order valence-corrected chi connectivity index (χ2v) is 2.89. The van der Waals surface area contributed by atoms with Crippen molar-refractivity contribution in [3.8, 4) is 0 Å². The summed E-state index contributed by atoms with van der Waals surface area (Å²) < 4.78 is 3.19. The molecule has 0 saturated carbocycles. The Morgan fingerprint density at radius 1 is 1.57 bits per heavy atom. The van der Waals surface area contributed by atoms with Crippen LogP contribution in [-0.4, -0.2) is 22.3 Å². The molecule has 0 aliphatic carbocycles. The Labute approximate surface area is 54.3 Å². The molecule has 0 bridgehead atoms. The predicted molar refractivity (Wildman–Crippen MR) is 33.3 cm³/mol. The molecule has 0 aliphatic rings. The summed E-state index contributed by atoms with van der Waals surface area (Å²) in [7, 11) is 0. The molecule has 0 rings (SSSR count). The van der Waals surface area contributed by atoms with E-state index in [1.54, 1.807) is 0 Å². The van der Waals surface area contributed by atoms with E-state index in [0.29, 0.717) is 5.54 Å². The van der Waals surface area contributed by atoms with Crippen LogP contribution < -0.4 is 4.27 Å². The molecule has 1 nitrogen and oxygen atoms in total. The van der Waals surface area contributed by atoms with Gasteiger partial charge >= 0.3 is 53.7 Å². The number of hydrogen-bond acceptors (Lipinski definition) is 1. The van der Waals surface area contributed by atoms with Crippen LogP contribution in [0, 0.1) is 0 Å². The Morgan fingerprint density at radius 2 is 2.00 bits per heavy atom. The van der Waals surface area contributed by atoms with Crippen molar-refractivity contribution in [2.24, 2.45) is 0 Å². The van der Waals surface area contributed by atoms with Crippen LogP contribution in [-0.2, 0) is 0 Å². The van der Waals surface area contributed by atoms with Gasteiger partial charge < -0.3 is 0 Å². The maximum atomic E-state index is 3.19. The number of rotatable bonds is 2. The first-order valence-electron chi connectivity index (χ1n) is 2.56. The molecule has 0 atom stereocenters. The third kappa shape index (κ3) is 3.12. The summed E-state index contributed by atoms with van der Waals surface area (Å²) in [6, 6.07) is 0. The molecule has 0 spiro atoms. The molecule has 0 aromatic heterocycles. The molecule has 0 heterocycles. The van der Waals surface area contributed by atoms with Gasteiger partial charge in [0.15, 0.2) is 0 Å². The molecule has 0 aromatic carbocycles. The van der Waals surface area contributed by atoms with Crippen molar-refractivity contribution in [2.75, 3.05) is 0 Å². The van der Waals surface area contributed by atoms with E-state index in [4.69, 9.17) is 0 Å². The van der Waals surface area contributed by atoms with Gasteiger partial charge in [0, 0.05) is 0 Å². The standard InChI is InChI=1S/C5H12GeN/c1-4-5(2,3)7-6/h7H,4H2,1-3H3. The summed E-state index contributed by atoms with van der Waals surface area (Å²) in [5.74, 6) is 0. The fourth-order valence-electron chi connectivity index (χ4n) is 0.0884. The summed E-state index contributed by atoms with van der Waals surface area (Å²) in [5, 5.41) is 0. The van der Waals surface area contributed by atoms with Crippen LogP contribution in [0.4, 0.5) is 0 Å². The van der Waals surface area contributed by atoms with Crippen LogP contribution in [0.3, 0.4) is 0 Å². The van der Waals surface area contributed by atoms with Crippen molar-refractivity contribution in [2.45, 2.75) is 32.7 Å². The minimum absolute atomic E-state index is 0.333. The second-order valence-electron chi connectivity index (χ2n) is 2.36. The zero-order chi connectivity index (χ0) is 5.91. The quantitative estimate of drug-likeness (QED) is 0.588. The number of hydrogen-bond donors (Lipinski definition) is 1. The average molecular weight is 159 g/mol. The zero-order valence-electron chi connectivity index (χ0n) is 5.21. The maximum absolute atomic E-state index is 3.19. The van der Waals surface area contributed by atoms with Gasteiger partial charge in [-0.3, -0.25) is 0 Å². The van der Waals surface area contributed by atoms with Crippen molar-refractivity contribution < 1.29 is 0 Å². The van der Waals surface area contributed by atoms with E-state index in [0.717, 1.165) is 0 Å². The van der Waals surface area contributed by atoms with Crippen LogP contribution in [0.15, 0.2) is 0 Å². The van der Waals surface area contributed by atoms with Gasteiger partial charge in [-0.05, 0) is 0 Å². The summed E-state index contributed by atoms with van der Waals surface area (Å²) >= 11 is 1.99. The van der Waals surface area contributed by atoms with E-state index in [9.17, 15) is 0 Å². The van der Waals surface area contributed by atoms with Gasteiger partial charge in [0.25, 0.3) is 0 Å². The topological polar surface area (TPSA) is 12.0 Å². The van der Waals surface area contributed by atoms with Crippen LogP contribution in [0.1, 0.15) is 27.2 Å². The van der Waals surface area contributed by atoms with Gasteiger partial charge in [-0.15, -0.1) is 0 Å². The van der Waals surface area contributed by atoms with Crippen molar-refractivity contribution in [3.63, 3.8) is 0 Å². The minimum atomic E-state index is 0.333. The van der Waals surface area contributed by atoms with Crippen LogP contribution >= 0.6 is 0 Å². The molecule has 0 amide bonds. The normalized spacial score (nSPS) is 12.0. The van der Waals surface area contributed by atoms with E-state index in [2.05, 4.69) is 25.0 Å². The molecule has 1 N–H and O–H groups in total. The zero-order valence-corrected chi connectivity index (χ0v) is 7.31. The van der Waals surface area contributed by atoms with Crippen LogP contribution in [0.25, 0.3) is 0 Å². The Hall–Kier alpha value is 0.503. The van der Waals surface area contributed by atoms with E-state index in [1.807, 2.05) is 16.7 Å². The summed E-state index contributed by atoms with van der Waals surface area (Å²) in [4.78, 5) is 0. The Bertz CT molecular complexity index is 46.0. The van der Waals surface area contributed by atoms with E-state index >= 15 is 0 Å². The SMILES string of the molecule is CCC(C)(C)[NH][Ge]. The summed E-state index contributed by atoms with van der Waals surface area (Å²) in [5.41, 5.74) is 0.333. The first-order chi connectivity index (χ1) is 3.12. The first kappa shape index (κ1) is 7.50. The fourth-order valence-corrected chi connectivity index (χ4v) is 0.459. The van der Waals surface area contributed by atoms with Gasteiger partial charge in [-0.25, -0.2) is 0 Å². The molecule has 7 heavy (non-hydrogen) atoms. The molecular weight excluding hydrogens is 147 g/mol. The predicted octanol–water partition coefficient (Wildman–Crippen LogP) is 0.848. The van der Waals surface area contributed by atoms with Gasteiger partial charge in [0.2, 0.25) is 0 Å². The van der Waals surface area contributed by atoms with Gasteiger partial charge in [0.1, 0.15) is 0 Å². The molecule has 0 unspecified atom stereocenters. The number of nitrogens with one attached hydrogen (secondary N) is 1. The van der Waals surface area contributed by atoms with E-state index < -0.39 is 0 Å². The molecule has 41 valence electrons. The van der Waals surface area contributed by atoms with Crippen molar-refractivity contribution in [1.29, 1.82) is 0 Å². The average Bonchev–Trinajstić information content (AvgIpc) is 1.68. The van der Waals surface area contributed by atoms with E-state index in [1.165, 1.54) is 6.42 Å². The van der Waals surface area contributed by atoms with Crippen molar-refractivity contribution in [1.82, 2.24) is 4.27 Å². The Kier molecular flexibility index (Phi) is 2.92. The Morgan fingerprint density at radius 3 is 2.00 bits per heavy atom. The monoisotopic (exact) mass is 160 g/mol. The third-order valence-electron chi connectivity index (χ3n) is 1.22. The Balaban J connectivity index is 3.36. The van der Waals surface area contributed by atoms with Crippen molar-refractivity contribution in [3.05, 3.63) is 0 Å². The molecule has 0 aromatic rings. The van der Waals surface area contributed by atoms with Gasteiger partial charge in [0.05, 0.1) is 0 Å². The van der Waals surface area contributed by atoms with Crippen molar-refractivity contribution >= 4 is 16.7 Å². The van der Waals surface area contributed by atoms with Gasteiger partial charge in [-0.2, -0.15) is 0 Å². The third-order valence-corrected chi connectivity index (χ3v) is 2.64. The molecule has 0 saturated heterocycles. The molecular formula is C5H12GeN. The molecule has 0 aliphatic heterocycles. The van der Waals surface area contributed by atoms with Crippen LogP contribution in [0.2, 0.25) is 0 Å². The second kappa shape index (κ2) is 2.72. The molecule has 3 radical (unpaired) electrons. The molecule has 0 fully saturated rings. The van der Waals surface area contributed by atoms with Gasteiger partial charge in [-0.1, -0.05) is 0 Å². The van der Waals surface area contributed by atoms with E-state index in [-0.39, 0.29) is 0 Å². The molecule has 2 heteroatoms. The summed E-state index contributed by atoms with van der Waals surface area (Å²) in [6.07, 6.45) is 1.18. The fraction of sp³-hybridized carbons (Fsp3) is 1.00. The first-order valence-corrected chi connectivity index (χ1v) is 3.61. The van der Waals surface area contributed by atoms with Crippen LogP contribution in [0.5, 0.6) is 0 Å².